The number of likely N-dealkylation sites (tertiary alicyclic amines) is 1. The fourth-order valence-corrected chi connectivity index (χ4v) is 4.15. The van der Waals surface area contributed by atoms with Gasteiger partial charge in [0.05, 0.1) is 44.9 Å². The van der Waals surface area contributed by atoms with Gasteiger partial charge in [-0.05, 0) is 50.1 Å². The van der Waals surface area contributed by atoms with E-state index in [4.69, 9.17) is 4.74 Å². The lowest BCUT2D eigenvalue weighted by Gasteiger charge is -2.27. The number of hydrogen-bond acceptors (Lipinski definition) is 4. The maximum absolute atomic E-state index is 13.1. The highest BCUT2D eigenvalue weighted by Crippen LogP contribution is 2.39. The van der Waals surface area contributed by atoms with Crippen molar-refractivity contribution in [1.82, 2.24) is 4.90 Å². The molecule has 0 unspecified atom stereocenters. The lowest BCUT2D eigenvalue weighted by Crippen LogP contribution is -3.12. The molecular weight excluding hydrogens is 392 g/mol. The second-order valence-electron chi connectivity index (χ2n) is 7.79. The Morgan fingerprint density at radius 2 is 1.77 bits per heavy atom. The Hall–Kier alpha value is -3.12. The van der Waals surface area contributed by atoms with Crippen molar-refractivity contribution < 1.29 is 24.3 Å². The number of aliphatic hydroxyl groups excluding tert-OH is 1. The first-order valence-electron chi connectivity index (χ1n) is 10.7. The number of ether oxygens (including phenoxy) is 1. The smallest absolute Gasteiger partial charge is 0.295 e. The van der Waals surface area contributed by atoms with Crippen molar-refractivity contribution in [2.45, 2.75) is 26.8 Å². The Morgan fingerprint density at radius 3 is 2.35 bits per heavy atom. The van der Waals surface area contributed by atoms with Crippen molar-refractivity contribution in [3.63, 3.8) is 0 Å². The van der Waals surface area contributed by atoms with Crippen LogP contribution in [0.15, 0.2) is 54.1 Å². The first kappa shape index (κ1) is 22.6. The number of amides is 1. The number of ketones is 1. The van der Waals surface area contributed by atoms with Gasteiger partial charge in [0.25, 0.3) is 11.7 Å². The lowest BCUT2D eigenvalue weighted by molar-refractivity contribution is -0.895. The highest BCUT2D eigenvalue weighted by Gasteiger charge is 2.46. The Balaban J connectivity index is 2.10. The Kier molecular flexibility index (Phi) is 7.13. The molecule has 2 aromatic carbocycles. The Bertz CT molecular complexity index is 980. The van der Waals surface area contributed by atoms with Crippen molar-refractivity contribution in [1.29, 1.82) is 0 Å². The molecule has 0 aliphatic carbocycles. The SMILES string of the molecule is CC[NH+](CC)CCN1C(=O)C(=O)C(=C(O)c2ccc(OC)cc2C)[C@@H]1c1ccccc1. The molecule has 0 aromatic heterocycles. The molecule has 1 amide bonds. The number of likely N-dealkylation sites (N-methyl/N-ethyl adjacent to an activating group) is 1. The number of rotatable bonds is 8. The summed E-state index contributed by atoms with van der Waals surface area (Å²) in [4.78, 5) is 29.1. The van der Waals surface area contributed by atoms with Gasteiger partial charge in [0, 0.05) is 5.56 Å². The molecule has 0 saturated carbocycles. The van der Waals surface area contributed by atoms with Crippen LogP contribution >= 0.6 is 0 Å². The van der Waals surface area contributed by atoms with Gasteiger partial charge < -0.3 is 19.6 Å². The molecule has 1 fully saturated rings. The topological polar surface area (TPSA) is 71.3 Å². The van der Waals surface area contributed by atoms with E-state index >= 15 is 0 Å². The highest BCUT2D eigenvalue weighted by atomic mass is 16.5. The molecule has 2 aromatic rings. The average Bonchev–Trinajstić information content (AvgIpc) is 3.04. The summed E-state index contributed by atoms with van der Waals surface area (Å²) in [6.07, 6.45) is 0. The van der Waals surface area contributed by atoms with Gasteiger partial charge in [0.2, 0.25) is 0 Å². The Morgan fingerprint density at radius 1 is 1.10 bits per heavy atom. The third-order valence-corrected chi connectivity index (χ3v) is 6.05. The van der Waals surface area contributed by atoms with Crippen LogP contribution in [0.1, 0.15) is 36.6 Å². The quantitative estimate of drug-likeness (QED) is 0.389. The van der Waals surface area contributed by atoms with Crippen LogP contribution < -0.4 is 9.64 Å². The number of hydrogen-bond donors (Lipinski definition) is 2. The summed E-state index contributed by atoms with van der Waals surface area (Å²) >= 11 is 0. The molecule has 0 radical (unpaired) electrons. The van der Waals surface area contributed by atoms with Crippen LogP contribution in [0.3, 0.4) is 0 Å². The van der Waals surface area contributed by atoms with Crippen LogP contribution in [0.25, 0.3) is 5.76 Å². The number of quaternary nitrogens is 1. The van der Waals surface area contributed by atoms with Crippen molar-refractivity contribution in [3.8, 4) is 5.75 Å². The number of nitrogens with one attached hydrogen (secondary N) is 1. The van der Waals surface area contributed by atoms with Gasteiger partial charge in [0.1, 0.15) is 11.5 Å². The molecule has 164 valence electrons. The predicted octanol–water partition coefficient (Wildman–Crippen LogP) is 2.35. The molecule has 3 rings (SSSR count). The third kappa shape index (κ3) is 4.49. The van der Waals surface area contributed by atoms with E-state index in [-0.39, 0.29) is 11.3 Å². The molecule has 1 aliphatic rings. The van der Waals surface area contributed by atoms with Gasteiger partial charge in [-0.2, -0.15) is 0 Å². The fourth-order valence-electron chi connectivity index (χ4n) is 4.15. The number of methoxy groups -OCH3 is 1. The molecule has 6 heteroatoms. The minimum Gasteiger partial charge on any atom is -0.507 e. The summed E-state index contributed by atoms with van der Waals surface area (Å²) < 4.78 is 5.25. The third-order valence-electron chi connectivity index (χ3n) is 6.05. The number of aliphatic hydroxyl groups is 1. The molecule has 1 heterocycles. The molecule has 6 nitrogen and oxygen atoms in total. The van der Waals surface area contributed by atoms with E-state index in [0.29, 0.717) is 17.9 Å². The van der Waals surface area contributed by atoms with Gasteiger partial charge in [0.15, 0.2) is 0 Å². The molecule has 0 spiro atoms. The van der Waals surface area contributed by atoms with E-state index in [2.05, 4.69) is 13.8 Å². The standard InChI is InChI=1S/C25H30N2O4/c1-5-26(6-2)14-15-27-22(18-10-8-7-9-11-18)21(24(29)25(27)30)23(28)20-13-12-19(31-4)16-17(20)3/h7-13,16,22,28H,5-6,14-15H2,1-4H3/p+1/t22-/m0/s1. The molecule has 2 N–H and O–H groups in total. The normalized spacial score (nSPS) is 18.1. The zero-order valence-electron chi connectivity index (χ0n) is 18.6. The predicted molar refractivity (Wildman–Crippen MR) is 120 cm³/mol. The zero-order valence-corrected chi connectivity index (χ0v) is 18.6. The molecular formula is C25H31N2O4+. The van der Waals surface area contributed by atoms with Crippen LogP contribution in [-0.2, 0) is 9.59 Å². The second kappa shape index (κ2) is 9.79. The number of benzene rings is 2. The van der Waals surface area contributed by atoms with Crippen molar-refractivity contribution in [3.05, 3.63) is 70.8 Å². The van der Waals surface area contributed by atoms with Gasteiger partial charge in [-0.25, -0.2) is 0 Å². The van der Waals surface area contributed by atoms with Crippen LogP contribution in [0.5, 0.6) is 5.75 Å². The number of nitrogens with zero attached hydrogens (tertiary/aromatic N) is 1. The van der Waals surface area contributed by atoms with Crippen LogP contribution in [0, 0.1) is 6.92 Å². The van der Waals surface area contributed by atoms with E-state index < -0.39 is 17.7 Å². The van der Waals surface area contributed by atoms with Gasteiger partial charge in [-0.1, -0.05) is 30.3 Å². The number of Topliss-reactive ketones (excluding diaryl/α,β-unsaturated/α-hetero) is 1. The van der Waals surface area contributed by atoms with Gasteiger partial charge >= 0.3 is 0 Å². The van der Waals surface area contributed by atoms with Crippen molar-refractivity contribution >= 4 is 17.4 Å². The van der Waals surface area contributed by atoms with Crippen molar-refractivity contribution in [2.24, 2.45) is 0 Å². The number of carbonyl (C=O) groups excluding carboxylic acids is 2. The minimum atomic E-state index is -0.642. The monoisotopic (exact) mass is 423 g/mol. The van der Waals surface area contributed by atoms with Gasteiger partial charge in [-0.3, -0.25) is 9.59 Å². The van der Waals surface area contributed by atoms with E-state index in [1.54, 1.807) is 30.2 Å². The summed E-state index contributed by atoms with van der Waals surface area (Å²) in [6, 6.07) is 14.1. The first-order valence-corrected chi connectivity index (χ1v) is 10.7. The molecule has 1 atom stereocenters. The van der Waals surface area contributed by atoms with E-state index in [1.807, 2.05) is 37.3 Å². The van der Waals surface area contributed by atoms with Gasteiger partial charge in [-0.15, -0.1) is 0 Å². The Labute approximate surface area is 183 Å². The first-order chi connectivity index (χ1) is 14.9. The number of aryl methyl sites for hydroxylation is 1. The largest absolute Gasteiger partial charge is 0.507 e. The summed E-state index contributed by atoms with van der Waals surface area (Å²) in [7, 11) is 1.58. The highest BCUT2D eigenvalue weighted by molar-refractivity contribution is 6.46. The summed E-state index contributed by atoms with van der Waals surface area (Å²) in [5.74, 6) is -0.689. The molecule has 1 aliphatic heterocycles. The fraction of sp³-hybridized carbons (Fsp3) is 0.360. The van der Waals surface area contributed by atoms with Crippen LogP contribution in [-0.4, -0.2) is 55.0 Å². The average molecular weight is 424 g/mol. The van der Waals surface area contributed by atoms with E-state index in [1.165, 1.54) is 4.90 Å². The second-order valence-corrected chi connectivity index (χ2v) is 7.79. The summed E-state index contributed by atoms with van der Waals surface area (Å²) in [5, 5.41) is 11.2. The minimum absolute atomic E-state index is 0.138. The molecule has 31 heavy (non-hydrogen) atoms. The van der Waals surface area contributed by atoms with Crippen LogP contribution in [0.4, 0.5) is 0 Å². The molecule has 0 bridgehead atoms. The van der Waals surface area contributed by atoms with E-state index in [0.717, 1.165) is 30.8 Å². The van der Waals surface area contributed by atoms with E-state index in [9.17, 15) is 14.7 Å². The zero-order chi connectivity index (χ0) is 22.5. The summed E-state index contributed by atoms with van der Waals surface area (Å²) in [5.41, 5.74) is 2.24. The number of carbonyl (C=O) groups is 2. The maximum Gasteiger partial charge on any atom is 0.295 e. The lowest BCUT2D eigenvalue weighted by atomic mass is 9.94. The summed E-state index contributed by atoms with van der Waals surface area (Å²) in [6.45, 7) is 9.13. The van der Waals surface area contributed by atoms with Crippen molar-refractivity contribution in [2.75, 3.05) is 33.3 Å². The maximum atomic E-state index is 13.1. The van der Waals surface area contributed by atoms with Crippen LogP contribution in [0.2, 0.25) is 0 Å². The molecule has 1 saturated heterocycles.